The molecule has 0 bridgehead atoms. The number of hydrogen-bond donors (Lipinski definition) is 1. The molecule has 2 aliphatic rings. The van der Waals surface area contributed by atoms with E-state index in [1.54, 1.807) is 0 Å². The lowest BCUT2D eigenvalue weighted by Gasteiger charge is -2.28. The van der Waals surface area contributed by atoms with Gasteiger partial charge in [-0.25, -0.2) is 9.97 Å². The summed E-state index contributed by atoms with van der Waals surface area (Å²) in [6.45, 7) is 1.14. The Balaban J connectivity index is 2.02. The lowest BCUT2D eigenvalue weighted by atomic mass is 10.1. The number of rotatable bonds is 2. The van der Waals surface area contributed by atoms with Crippen molar-refractivity contribution in [2.24, 2.45) is 0 Å². The highest BCUT2D eigenvalue weighted by atomic mass is 35.5. The number of aryl methyl sites for hydroxylation is 1. The monoisotopic (exact) mass is 285 g/mol. The Kier molecular flexibility index (Phi) is 3.63. The second-order valence-electron chi connectivity index (χ2n) is 4.72. The number of thioether (sulfide) groups is 1. The molecule has 1 atom stereocenters. The molecule has 18 heavy (non-hydrogen) atoms. The summed E-state index contributed by atoms with van der Waals surface area (Å²) in [5, 5.41) is 9.78. The summed E-state index contributed by atoms with van der Waals surface area (Å²) in [5.41, 5.74) is 2.31. The molecule has 1 saturated heterocycles. The summed E-state index contributed by atoms with van der Waals surface area (Å²) in [6.07, 6.45) is 3.10. The zero-order chi connectivity index (χ0) is 12.5. The van der Waals surface area contributed by atoms with Crippen LogP contribution in [0, 0.1) is 0 Å². The van der Waals surface area contributed by atoms with Crippen LogP contribution in [0.25, 0.3) is 0 Å². The van der Waals surface area contributed by atoms with E-state index >= 15 is 0 Å². The predicted molar refractivity (Wildman–Crippen MR) is 74.4 cm³/mol. The molecule has 0 aromatic carbocycles. The van der Waals surface area contributed by atoms with Gasteiger partial charge in [0, 0.05) is 17.9 Å². The molecule has 0 saturated carbocycles. The molecule has 0 spiro atoms. The molecule has 0 radical (unpaired) electrons. The predicted octanol–water partition coefficient (Wildman–Crippen LogP) is 1.88. The van der Waals surface area contributed by atoms with Gasteiger partial charge >= 0.3 is 0 Å². The van der Waals surface area contributed by atoms with E-state index in [0.717, 1.165) is 48.8 Å². The largest absolute Gasteiger partial charge is 0.394 e. The summed E-state index contributed by atoms with van der Waals surface area (Å²) in [6, 6.07) is 0.187. The van der Waals surface area contributed by atoms with Crippen molar-refractivity contribution < 1.29 is 5.11 Å². The Morgan fingerprint density at radius 2 is 2.33 bits per heavy atom. The van der Waals surface area contributed by atoms with Gasteiger partial charge < -0.3 is 10.0 Å². The van der Waals surface area contributed by atoms with Gasteiger partial charge in [0.2, 0.25) is 5.28 Å². The Morgan fingerprint density at radius 1 is 1.44 bits per heavy atom. The van der Waals surface area contributed by atoms with Crippen LogP contribution in [0.2, 0.25) is 5.28 Å². The van der Waals surface area contributed by atoms with Crippen molar-refractivity contribution in [3.05, 3.63) is 16.5 Å². The minimum Gasteiger partial charge on any atom is -0.394 e. The lowest BCUT2D eigenvalue weighted by molar-refractivity contribution is 0.266. The fourth-order valence-corrected chi connectivity index (χ4v) is 3.89. The van der Waals surface area contributed by atoms with Crippen LogP contribution in [0.15, 0.2) is 0 Å². The molecular formula is C12H16ClN3OS. The summed E-state index contributed by atoms with van der Waals surface area (Å²) < 4.78 is 0. The molecular weight excluding hydrogens is 270 g/mol. The van der Waals surface area contributed by atoms with Crippen LogP contribution in [0.1, 0.15) is 24.1 Å². The van der Waals surface area contributed by atoms with Crippen LogP contribution >= 0.6 is 23.4 Å². The molecule has 0 amide bonds. The summed E-state index contributed by atoms with van der Waals surface area (Å²) in [4.78, 5) is 11.0. The molecule has 3 heterocycles. The van der Waals surface area contributed by atoms with Gasteiger partial charge in [-0.3, -0.25) is 0 Å². The molecule has 1 aromatic rings. The van der Waals surface area contributed by atoms with Crippen LogP contribution in [-0.4, -0.2) is 40.0 Å². The number of aromatic nitrogens is 2. The zero-order valence-corrected chi connectivity index (χ0v) is 11.7. The molecule has 2 aliphatic heterocycles. The first kappa shape index (κ1) is 12.5. The SMILES string of the molecule is OC[C@@H]1CCCN1c1nc(Cl)nc2c1CSCC2. The number of aliphatic hydroxyl groups is 1. The van der Waals surface area contributed by atoms with Gasteiger partial charge in [0.1, 0.15) is 5.82 Å². The summed E-state index contributed by atoms with van der Waals surface area (Å²) >= 11 is 7.95. The minimum atomic E-state index is 0.184. The molecule has 1 fully saturated rings. The Hall–Kier alpha value is -0.520. The maximum atomic E-state index is 9.45. The van der Waals surface area contributed by atoms with Crippen molar-refractivity contribution in [2.45, 2.75) is 31.1 Å². The molecule has 6 heteroatoms. The number of nitrogens with zero attached hydrogens (tertiary/aromatic N) is 3. The van der Waals surface area contributed by atoms with Crippen molar-refractivity contribution in [1.82, 2.24) is 9.97 Å². The highest BCUT2D eigenvalue weighted by Gasteiger charge is 2.29. The third kappa shape index (κ3) is 2.19. The van der Waals surface area contributed by atoms with E-state index in [2.05, 4.69) is 14.9 Å². The average molecular weight is 286 g/mol. The molecule has 1 aromatic heterocycles. The Labute approximate surface area is 116 Å². The second kappa shape index (κ2) is 5.23. The van der Waals surface area contributed by atoms with Crippen LogP contribution in [0.5, 0.6) is 0 Å². The van der Waals surface area contributed by atoms with Gasteiger partial charge in [0.15, 0.2) is 0 Å². The van der Waals surface area contributed by atoms with E-state index in [9.17, 15) is 5.11 Å². The van der Waals surface area contributed by atoms with E-state index in [1.807, 2.05) is 11.8 Å². The van der Waals surface area contributed by atoms with Crippen molar-refractivity contribution in [1.29, 1.82) is 0 Å². The number of fused-ring (bicyclic) bond motifs is 1. The normalized spacial score (nSPS) is 23.2. The molecule has 1 N–H and O–H groups in total. The van der Waals surface area contributed by atoms with E-state index < -0.39 is 0 Å². The maximum absolute atomic E-state index is 9.45. The number of anilines is 1. The Bertz CT molecular complexity index is 457. The minimum absolute atomic E-state index is 0.184. The molecule has 0 aliphatic carbocycles. The second-order valence-corrected chi connectivity index (χ2v) is 6.16. The molecule has 4 nitrogen and oxygen atoms in total. The van der Waals surface area contributed by atoms with Gasteiger partial charge in [0.05, 0.1) is 18.3 Å². The van der Waals surface area contributed by atoms with E-state index in [-0.39, 0.29) is 12.6 Å². The van der Waals surface area contributed by atoms with Crippen molar-refractivity contribution in [2.75, 3.05) is 23.8 Å². The van der Waals surface area contributed by atoms with Gasteiger partial charge in [0.25, 0.3) is 0 Å². The third-order valence-corrected chi connectivity index (χ3v) is 4.79. The van der Waals surface area contributed by atoms with Gasteiger partial charge in [-0.1, -0.05) is 0 Å². The Morgan fingerprint density at radius 3 is 3.17 bits per heavy atom. The smallest absolute Gasteiger partial charge is 0.224 e. The van der Waals surface area contributed by atoms with E-state index in [4.69, 9.17) is 11.6 Å². The van der Waals surface area contributed by atoms with Gasteiger partial charge in [-0.15, -0.1) is 0 Å². The molecule has 0 unspecified atom stereocenters. The van der Waals surface area contributed by atoms with Crippen molar-refractivity contribution in [3.8, 4) is 0 Å². The fourth-order valence-electron chi connectivity index (χ4n) is 2.73. The highest BCUT2D eigenvalue weighted by molar-refractivity contribution is 7.98. The first-order valence-electron chi connectivity index (χ1n) is 6.30. The first-order chi connectivity index (χ1) is 8.79. The number of aliphatic hydroxyl groups excluding tert-OH is 1. The highest BCUT2D eigenvalue weighted by Crippen LogP contribution is 2.34. The molecule has 3 rings (SSSR count). The maximum Gasteiger partial charge on any atom is 0.224 e. The van der Waals surface area contributed by atoms with Crippen LogP contribution in [0.3, 0.4) is 0 Å². The summed E-state index contributed by atoms with van der Waals surface area (Å²) in [7, 11) is 0. The number of hydrogen-bond acceptors (Lipinski definition) is 5. The lowest BCUT2D eigenvalue weighted by Crippen LogP contribution is -2.34. The average Bonchev–Trinajstić information content (AvgIpc) is 2.85. The standard InChI is InChI=1S/C12H16ClN3OS/c13-12-14-10-3-5-18-7-9(10)11(15-12)16-4-1-2-8(16)6-17/h8,17H,1-7H2/t8-/m0/s1. The van der Waals surface area contributed by atoms with Crippen molar-refractivity contribution >= 4 is 29.2 Å². The van der Waals surface area contributed by atoms with Crippen LogP contribution < -0.4 is 4.90 Å². The quantitative estimate of drug-likeness (QED) is 0.841. The van der Waals surface area contributed by atoms with Crippen LogP contribution in [-0.2, 0) is 12.2 Å². The van der Waals surface area contributed by atoms with Gasteiger partial charge in [-0.05, 0) is 36.6 Å². The van der Waals surface area contributed by atoms with E-state index in [0.29, 0.717) is 5.28 Å². The molecule has 98 valence electrons. The van der Waals surface area contributed by atoms with E-state index in [1.165, 1.54) is 5.56 Å². The topological polar surface area (TPSA) is 49.2 Å². The fraction of sp³-hybridized carbons (Fsp3) is 0.667. The third-order valence-electron chi connectivity index (χ3n) is 3.63. The first-order valence-corrected chi connectivity index (χ1v) is 7.83. The van der Waals surface area contributed by atoms with Crippen LogP contribution in [0.4, 0.5) is 5.82 Å². The van der Waals surface area contributed by atoms with Gasteiger partial charge in [-0.2, -0.15) is 11.8 Å². The van der Waals surface area contributed by atoms with Crippen molar-refractivity contribution in [3.63, 3.8) is 0 Å². The summed E-state index contributed by atoms with van der Waals surface area (Å²) in [5.74, 6) is 3.01. The number of halogens is 1. The zero-order valence-electron chi connectivity index (χ0n) is 10.1.